The Morgan fingerprint density at radius 3 is 2.75 bits per heavy atom. The van der Waals surface area contributed by atoms with E-state index in [9.17, 15) is 4.79 Å². The highest BCUT2D eigenvalue weighted by molar-refractivity contribution is 6.67. The van der Waals surface area contributed by atoms with Gasteiger partial charge in [0.25, 0.3) is 5.24 Å². The van der Waals surface area contributed by atoms with Crippen LogP contribution in [0.5, 0.6) is 5.75 Å². The molecule has 0 aliphatic rings. The zero-order chi connectivity index (χ0) is 9.14. The van der Waals surface area contributed by atoms with Gasteiger partial charge in [0.2, 0.25) is 0 Å². The summed E-state index contributed by atoms with van der Waals surface area (Å²) in [4.78, 5) is 14.3. The van der Waals surface area contributed by atoms with Gasteiger partial charge in [-0.15, -0.1) is 0 Å². The third-order valence-electron chi connectivity index (χ3n) is 1.20. The van der Waals surface area contributed by atoms with Crippen LogP contribution < -0.4 is 4.74 Å². The van der Waals surface area contributed by atoms with Crippen molar-refractivity contribution < 1.29 is 9.53 Å². The lowest BCUT2D eigenvalue weighted by atomic mass is 10.3. The van der Waals surface area contributed by atoms with E-state index in [1.54, 1.807) is 0 Å². The van der Waals surface area contributed by atoms with Gasteiger partial charge in [-0.05, 0) is 11.6 Å². The van der Waals surface area contributed by atoms with E-state index in [-0.39, 0.29) is 10.8 Å². The highest BCUT2D eigenvalue weighted by atomic mass is 35.5. The van der Waals surface area contributed by atoms with E-state index in [4.69, 9.17) is 27.9 Å². The van der Waals surface area contributed by atoms with Crippen LogP contribution >= 0.6 is 23.2 Å². The number of carbonyl (C=O) groups excluding carboxylic acids is 1. The van der Waals surface area contributed by atoms with Gasteiger partial charge >= 0.3 is 0 Å². The van der Waals surface area contributed by atoms with Crippen molar-refractivity contribution in [3.63, 3.8) is 0 Å². The first kappa shape index (κ1) is 9.29. The maximum atomic E-state index is 10.7. The van der Waals surface area contributed by atoms with Crippen LogP contribution in [-0.4, -0.2) is 17.3 Å². The highest BCUT2D eigenvalue weighted by Gasteiger charge is 2.06. The second-order valence-electron chi connectivity index (χ2n) is 1.99. The first-order valence-electron chi connectivity index (χ1n) is 3.05. The van der Waals surface area contributed by atoms with Gasteiger partial charge in [-0.2, -0.15) is 0 Å². The second kappa shape index (κ2) is 3.74. The average Bonchev–Trinajstić information content (AvgIpc) is 2.03. The van der Waals surface area contributed by atoms with Gasteiger partial charge in [0.05, 0.1) is 7.11 Å². The Balaban J connectivity index is 3.15. The zero-order valence-corrected chi connectivity index (χ0v) is 7.69. The maximum absolute atomic E-state index is 10.7. The highest BCUT2D eigenvalue weighted by Crippen LogP contribution is 2.17. The minimum atomic E-state index is -0.657. The fourth-order valence-electron chi connectivity index (χ4n) is 0.692. The van der Waals surface area contributed by atoms with Crippen molar-refractivity contribution >= 4 is 28.4 Å². The average molecular weight is 206 g/mol. The number of carbonyl (C=O) groups is 1. The van der Waals surface area contributed by atoms with E-state index in [1.165, 1.54) is 19.2 Å². The van der Waals surface area contributed by atoms with Crippen molar-refractivity contribution in [2.24, 2.45) is 0 Å². The summed E-state index contributed by atoms with van der Waals surface area (Å²) in [7, 11) is 1.47. The van der Waals surface area contributed by atoms with Gasteiger partial charge in [-0.1, -0.05) is 11.6 Å². The number of aromatic nitrogens is 1. The van der Waals surface area contributed by atoms with Crippen molar-refractivity contribution in [2.45, 2.75) is 0 Å². The molecule has 0 fully saturated rings. The Morgan fingerprint density at radius 1 is 1.58 bits per heavy atom. The van der Waals surface area contributed by atoms with Crippen LogP contribution in [0.3, 0.4) is 0 Å². The molecule has 1 aromatic heterocycles. The normalized spacial score (nSPS) is 9.58. The van der Waals surface area contributed by atoms with E-state index in [0.29, 0.717) is 5.75 Å². The molecule has 0 bridgehead atoms. The first-order valence-corrected chi connectivity index (χ1v) is 3.80. The van der Waals surface area contributed by atoms with Crippen molar-refractivity contribution in [3.8, 4) is 5.75 Å². The summed E-state index contributed by atoms with van der Waals surface area (Å²) in [6, 6.07) is 2.91. The van der Waals surface area contributed by atoms with Gasteiger partial charge in [0.15, 0.2) is 0 Å². The summed E-state index contributed by atoms with van der Waals surface area (Å²) < 4.78 is 4.85. The number of nitrogens with zero attached hydrogens (tertiary/aromatic N) is 1. The van der Waals surface area contributed by atoms with Gasteiger partial charge in [-0.3, -0.25) is 4.79 Å². The molecule has 1 heterocycles. The van der Waals surface area contributed by atoms with Gasteiger partial charge in [-0.25, -0.2) is 4.98 Å². The molecule has 0 aliphatic carbocycles. The number of pyridine rings is 1. The van der Waals surface area contributed by atoms with Crippen LogP contribution in [0, 0.1) is 0 Å². The topological polar surface area (TPSA) is 39.2 Å². The molecule has 5 heteroatoms. The molecule has 0 amide bonds. The van der Waals surface area contributed by atoms with Crippen LogP contribution in [0.15, 0.2) is 12.1 Å². The van der Waals surface area contributed by atoms with Crippen LogP contribution in [0.2, 0.25) is 5.15 Å². The lowest BCUT2D eigenvalue weighted by molar-refractivity contribution is 0.107. The molecule has 0 aliphatic heterocycles. The SMILES string of the molecule is COc1cc(Cl)nc(C(=O)Cl)c1. The predicted octanol–water partition coefficient (Wildman–Crippen LogP) is 2.12. The molecule has 0 aromatic carbocycles. The Bertz CT molecular complexity index is 314. The maximum Gasteiger partial charge on any atom is 0.271 e. The number of methoxy groups -OCH3 is 1. The summed E-state index contributed by atoms with van der Waals surface area (Å²) in [5.41, 5.74) is 0.0843. The molecule has 1 aromatic rings. The van der Waals surface area contributed by atoms with E-state index in [0.717, 1.165) is 0 Å². The quantitative estimate of drug-likeness (QED) is 0.549. The second-order valence-corrected chi connectivity index (χ2v) is 2.72. The van der Waals surface area contributed by atoms with E-state index < -0.39 is 5.24 Å². The Kier molecular flexibility index (Phi) is 2.89. The smallest absolute Gasteiger partial charge is 0.271 e. The molecule has 1 rings (SSSR count). The number of halogens is 2. The first-order chi connectivity index (χ1) is 5.63. The standard InChI is InChI=1S/C7H5Cl2NO2/c1-12-4-2-5(7(9)11)10-6(8)3-4/h2-3H,1H3. The molecule has 12 heavy (non-hydrogen) atoms. The monoisotopic (exact) mass is 205 g/mol. The number of hydrogen-bond donors (Lipinski definition) is 0. The molecule has 0 spiro atoms. The van der Waals surface area contributed by atoms with E-state index in [1.807, 2.05) is 0 Å². The minimum absolute atomic E-state index is 0.0843. The third kappa shape index (κ3) is 2.09. The largest absolute Gasteiger partial charge is 0.497 e. The molecule has 0 unspecified atom stereocenters. The van der Waals surface area contributed by atoms with Crippen LogP contribution in [0.4, 0.5) is 0 Å². The summed E-state index contributed by atoms with van der Waals surface area (Å²) in [5.74, 6) is 0.457. The lowest BCUT2D eigenvalue weighted by Gasteiger charge is -2.00. The molecule has 0 saturated carbocycles. The third-order valence-corrected chi connectivity index (χ3v) is 1.59. The summed E-state index contributed by atoms with van der Waals surface area (Å²) in [6.45, 7) is 0. The summed E-state index contributed by atoms with van der Waals surface area (Å²) >= 11 is 10.8. The van der Waals surface area contributed by atoms with Crippen LogP contribution in [0.1, 0.15) is 10.5 Å². The molecular weight excluding hydrogens is 201 g/mol. The number of ether oxygens (including phenoxy) is 1. The van der Waals surface area contributed by atoms with Gasteiger partial charge < -0.3 is 4.74 Å². The van der Waals surface area contributed by atoms with Crippen LogP contribution in [0.25, 0.3) is 0 Å². The fourth-order valence-corrected chi connectivity index (χ4v) is 0.987. The molecule has 0 atom stereocenters. The Hall–Kier alpha value is -0.800. The molecule has 0 N–H and O–H groups in total. The van der Waals surface area contributed by atoms with E-state index in [2.05, 4.69) is 4.98 Å². The minimum Gasteiger partial charge on any atom is -0.497 e. The van der Waals surface area contributed by atoms with Crippen molar-refractivity contribution in [3.05, 3.63) is 23.0 Å². The number of hydrogen-bond acceptors (Lipinski definition) is 3. The fraction of sp³-hybridized carbons (Fsp3) is 0.143. The summed E-state index contributed by atoms with van der Waals surface area (Å²) in [5, 5.41) is -0.478. The van der Waals surface area contributed by atoms with Crippen LogP contribution in [-0.2, 0) is 0 Å². The molecule has 64 valence electrons. The zero-order valence-electron chi connectivity index (χ0n) is 6.17. The van der Waals surface area contributed by atoms with Crippen molar-refractivity contribution in [1.82, 2.24) is 4.98 Å². The summed E-state index contributed by atoms with van der Waals surface area (Å²) in [6.07, 6.45) is 0. The van der Waals surface area contributed by atoms with E-state index >= 15 is 0 Å². The Labute approximate surface area is 79.3 Å². The predicted molar refractivity (Wildman–Crippen MR) is 46.0 cm³/mol. The van der Waals surface area contributed by atoms with Crippen molar-refractivity contribution in [1.29, 1.82) is 0 Å². The number of rotatable bonds is 2. The molecular formula is C7H5Cl2NO2. The lowest BCUT2D eigenvalue weighted by Crippen LogP contribution is -1.95. The van der Waals surface area contributed by atoms with Gasteiger partial charge in [0.1, 0.15) is 16.6 Å². The molecule has 0 radical (unpaired) electrons. The van der Waals surface area contributed by atoms with Gasteiger partial charge in [0, 0.05) is 12.1 Å². The molecule has 0 saturated heterocycles. The van der Waals surface area contributed by atoms with Crippen molar-refractivity contribution in [2.75, 3.05) is 7.11 Å². The molecule has 3 nitrogen and oxygen atoms in total. The Morgan fingerprint density at radius 2 is 2.25 bits per heavy atom.